The second-order valence-electron chi connectivity index (χ2n) is 5.91. The third-order valence-corrected chi connectivity index (χ3v) is 4.19. The highest BCUT2D eigenvalue weighted by Crippen LogP contribution is 2.21. The number of aromatic nitrogens is 4. The van der Waals surface area contributed by atoms with E-state index >= 15 is 0 Å². The van der Waals surface area contributed by atoms with E-state index < -0.39 is 12.0 Å². The molecular formula is C16H21N5O4. The molecule has 0 bridgehead atoms. The topological polar surface area (TPSA) is 103 Å². The molecule has 9 nitrogen and oxygen atoms in total. The van der Waals surface area contributed by atoms with Gasteiger partial charge in [-0.1, -0.05) is 13.3 Å². The monoisotopic (exact) mass is 347 g/mol. The van der Waals surface area contributed by atoms with E-state index in [-0.39, 0.29) is 18.3 Å². The van der Waals surface area contributed by atoms with Gasteiger partial charge in [-0.3, -0.25) is 4.79 Å². The van der Waals surface area contributed by atoms with E-state index in [0.717, 1.165) is 19.3 Å². The zero-order valence-electron chi connectivity index (χ0n) is 14.1. The fourth-order valence-corrected chi connectivity index (χ4v) is 2.84. The number of furan rings is 1. The molecule has 3 rings (SSSR count). The van der Waals surface area contributed by atoms with Crippen LogP contribution in [0.4, 0.5) is 0 Å². The lowest BCUT2D eigenvalue weighted by atomic mass is 10.2. The molecule has 0 saturated carbocycles. The number of hydrogen-bond donors (Lipinski definition) is 0. The van der Waals surface area contributed by atoms with Gasteiger partial charge in [0.15, 0.2) is 18.2 Å². The third kappa shape index (κ3) is 3.86. The molecular weight excluding hydrogens is 326 g/mol. The molecule has 0 aromatic carbocycles. The number of aryl methyl sites for hydroxylation is 1. The Bertz CT molecular complexity index is 712. The van der Waals surface area contributed by atoms with Crippen LogP contribution in [0.1, 0.15) is 49.0 Å². The van der Waals surface area contributed by atoms with Crippen LogP contribution < -0.4 is 0 Å². The standard InChI is InChI=1S/C16H21N5O4/c1-2-3-9-21-14(17-18-19-21)11-25-16(23)12-6-4-8-20(12)15(22)13-7-5-10-24-13/h5,7,10,12H,2-4,6,8-9,11H2,1H3. The Morgan fingerprint density at radius 1 is 1.44 bits per heavy atom. The van der Waals surface area contributed by atoms with Gasteiger partial charge in [0.25, 0.3) is 5.91 Å². The van der Waals surface area contributed by atoms with Gasteiger partial charge in [0.2, 0.25) is 0 Å². The van der Waals surface area contributed by atoms with Gasteiger partial charge in [0, 0.05) is 13.1 Å². The Morgan fingerprint density at radius 2 is 2.32 bits per heavy atom. The van der Waals surface area contributed by atoms with Crippen LogP contribution in [0, 0.1) is 0 Å². The lowest BCUT2D eigenvalue weighted by molar-refractivity contribution is -0.149. The highest BCUT2D eigenvalue weighted by atomic mass is 16.5. The Balaban J connectivity index is 1.59. The van der Waals surface area contributed by atoms with Crippen molar-refractivity contribution < 1.29 is 18.7 Å². The number of unbranched alkanes of at least 4 members (excludes halogenated alkanes) is 1. The summed E-state index contributed by atoms with van der Waals surface area (Å²) in [5.74, 6) is -0.00778. The van der Waals surface area contributed by atoms with E-state index in [1.807, 2.05) is 0 Å². The molecule has 1 atom stereocenters. The first kappa shape index (κ1) is 17.1. The highest BCUT2D eigenvalue weighted by molar-refractivity contribution is 5.94. The Morgan fingerprint density at radius 3 is 3.08 bits per heavy atom. The molecule has 1 aliphatic rings. The van der Waals surface area contributed by atoms with Gasteiger partial charge in [0.05, 0.1) is 6.26 Å². The minimum atomic E-state index is -0.599. The molecule has 9 heteroatoms. The molecule has 1 unspecified atom stereocenters. The highest BCUT2D eigenvalue weighted by Gasteiger charge is 2.36. The Hall–Kier alpha value is -2.71. The quantitative estimate of drug-likeness (QED) is 0.698. The van der Waals surface area contributed by atoms with Crippen molar-refractivity contribution in [1.29, 1.82) is 0 Å². The van der Waals surface area contributed by atoms with Crippen molar-refractivity contribution in [1.82, 2.24) is 25.1 Å². The van der Waals surface area contributed by atoms with Gasteiger partial charge < -0.3 is 14.1 Å². The van der Waals surface area contributed by atoms with E-state index in [2.05, 4.69) is 22.4 Å². The summed E-state index contributed by atoms with van der Waals surface area (Å²) in [7, 11) is 0. The summed E-state index contributed by atoms with van der Waals surface area (Å²) >= 11 is 0. The molecule has 3 heterocycles. The van der Waals surface area contributed by atoms with Gasteiger partial charge in [-0.05, 0) is 41.8 Å². The van der Waals surface area contributed by atoms with Crippen molar-refractivity contribution in [2.45, 2.75) is 51.8 Å². The number of amides is 1. The minimum absolute atomic E-state index is 0.00513. The summed E-state index contributed by atoms with van der Waals surface area (Å²) in [5.41, 5.74) is 0. The summed E-state index contributed by atoms with van der Waals surface area (Å²) in [6.45, 7) is 3.26. The van der Waals surface area contributed by atoms with E-state index in [1.165, 1.54) is 11.2 Å². The summed E-state index contributed by atoms with van der Waals surface area (Å²) in [6, 6.07) is 2.63. The number of carbonyl (C=O) groups is 2. The van der Waals surface area contributed by atoms with E-state index in [0.29, 0.717) is 25.3 Å². The average molecular weight is 347 g/mol. The lowest BCUT2D eigenvalue weighted by Gasteiger charge is -2.22. The van der Waals surface area contributed by atoms with Crippen molar-refractivity contribution in [3.05, 3.63) is 30.0 Å². The maximum Gasteiger partial charge on any atom is 0.329 e. The maximum absolute atomic E-state index is 12.4. The van der Waals surface area contributed by atoms with Crippen molar-refractivity contribution in [3.63, 3.8) is 0 Å². The van der Waals surface area contributed by atoms with Crippen LogP contribution in [0.2, 0.25) is 0 Å². The van der Waals surface area contributed by atoms with Crippen LogP contribution in [0.5, 0.6) is 0 Å². The van der Waals surface area contributed by atoms with E-state index in [9.17, 15) is 9.59 Å². The molecule has 0 spiro atoms. The van der Waals surface area contributed by atoms with Crippen LogP contribution in [-0.2, 0) is 22.7 Å². The first-order valence-corrected chi connectivity index (χ1v) is 8.47. The third-order valence-electron chi connectivity index (χ3n) is 4.19. The molecule has 1 aliphatic heterocycles. The van der Waals surface area contributed by atoms with Gasteiger partial charge in [0.1, 0.15) is 6.04 Å². The predicted molar refractivity (Wildman–Crippen MR) is 85.3 cm³/mol. The molecule has 0 radical (unpaired) electrons. The second-order valence-corrected chi connectivity index (χ2v) is 5.91. The first-order chi connectivity index (χ1) is 12.2. The fourth-order valence-electron chi connectivity index (χ4n) is 2.84. The number of ether oxygens (including phenoxy) is 1. The van der Waals surface area contributed by atoms with Crippen LogP contribution >= 0.6 is 0 Å². The summed E-state index contributed by atoms with van der Waals surface area (Å²) < 4.78 is 12.1. The van der Waals surface area contributed by atoms with Crippen LogP contribution in [0.25, 0.3) is 0 Å². The molecule has 25 heavy (non-hydrogen) atoms. The molecule has 1 amide bonds. The zero-order valence-corrected chi connectivity index (χ0v) is 14.1. The molecule has 0 N–H and O–H groups in total. The van der Waals surface area contributed by atoms with Gasteiger partial charge in [-0.25, -0.2) is 9.48 Å². The number of carbonyl (C=O) groups excluding carboxylic acids is 2. The summed E-state index contributed by atoms with van der Waals surface area (Å²) in [5, 5.41) is 11.4. The number of hydrogen-bond acceptors (Lipinski definition) is 7. The number of rotatable bonds is 7. The smallest absolute Gasteiger partial charge is 0.329 e. The first-order valence-electron chi connectivity index (χ1n) is 8.47. The number of tetrazole rings is 1. The summed E-state index contributed by atoms with van der Waals surface area (Å²) in [6.07, 6.45) is 4.73. The van der Waals surface area contributed by atoms with E-state index in [1.54, 1.807) is 16.8 Å². The molecule has 2 aromatic heterocycles. The number of nitrogens with zero attached hydrogens (tertiary/aromatic N) is 5. The molecule has 1 saturated heterocycles. The Labute approximate surface area is 144 Å². The van der Waals surface area contributed by atoms with Crippen molar-refractivity contribution in [2.75, 3.05) is 6.54 Å². The van der Waals surface area contributed by atoms with Crippen molar-refractivity contribution in [2.24, 2.45) is 0 Å². The SMILES string of the molecule is CCCCn1nnnc1COC(=O)C1CCCN1C(=O)c1ccco1. The van der Waals surface area contributed by atoms with Gasteiger partial charge >= 0.3 is 5.97 Å². The molecule has 0 aliphatic carbocycles. The molecule has 1 fully saturated rings. The van der Waals surface area contributed by atoms with Crippen LogP contribution in [0.15, 0.2) is 22.8 Å². The fraction of sp³-hybridized carbons (Fsp3) is 0.562. The van der Waals surface area contributed by atoms with Crippen molar-refractivity contribution >= 4 is 11.9 Å². The lowest BCUT2D eigenvalue weighted by Crippen LogP contribution is -2.41. The second kappa shape index (κ2) is 7.91. The molecule has 134 valence electrons. The number of esters is 1. The zero-order chi connectivity index (χ0) is 17.6. The van der Waals surface area contributed by atoms with Crippen molar-refractivity contribution in [3.8, 4) is 0 Å². The average Bonchev–Trinajstić information content (AvgIpc) is 3.38. The van der Waals surface area contributed by atoms with Crippen LogP contribution in [0.3, 0.4) is 0 Å². The van der Waals surface area contributed by atoms with Crippen LogP contribution in [-0.4, -0.2) is 49.6 Å². The van der Waals surface area contributed by atoms with Gasteiger partial charge in [-0.15, -0.1) is 5.10 Å². The minimum Gasteiger partial charge on any atom is -0.459 e. The predicted octanol–water partition coefficient (Wildman–Crippen LogP) is 1.41. The van der Waals surface area contributed by atoms with Gasteiger partial charge in [-0.2, -0.15) is 0 Å². The number of likely N-dealkylation sites (tertiary alicyclic amines) is 1. The molecule has 2 aromatic rings. The maximum atomic E-state index is 12.4. The Kier molecular flexibility index (Phi) is 5.42. The summed E-state index contributed by atoms with van der Waals surface area (Å²) in [4.78, 5) is 26.3. The van der Waals surface area contributed by atoms with E-state index in [4.69, 9.17) is 9.15 Å². The largest absolute Gasteiger partial charge is 0.459 e. The normalized spacial score (nSPS) is 17.0.